The lowest BCUT2D eigenvalue weighted by atomic mass is 9.76. The molecule has 0 aliphatic rings. The van der Waals surface area contributed by atoms with Crippen molar-refractivity contribution in [1.29, 1.82) is 0 Å². The van der Waals surface area contributed by atoms with Crippen molar-refractivity contribution in [1.82, 2.24) is 19.9 Å². The van der Waals surface area contributed by atoms with Crippen molar-refractivity contribution in [3.05, 3.63) is 156 Å². The highest BCUT2D eigenvalue weighted by Gasteiger charge is 2.40. The van der Waals surface area contributed by atoms with Gasteiger partial charge in [0.2, 0.25) is 0 Å². The van der Waals surface area contributed by atoms with Crippen molar-refractivity contribution < 1.29 is 9.18 Å². The first-order valence-corrected chi connectivity index (χ1v) is 11.8. The Hall–Kier alpha value is -4.58. The number of carbonyl (C=O) groups is 1. The van der Waals surface area contributed by atoms with E-state index in [1.807, 2.05) is 91.0 Å². The van der Waals surface area contributed by atoms with Crippen molar-refractivity contribution in [2.24, 2.45) is 0 Å². The number of imidazole rings is 1. The molecule has 2 aromatic heterocycles. The second kappa shape index (κ2) is 10.4. The standard InChI is InChI=1S/C30H25FN4O/c31-29-34-27(18-21-33-28(36)23-16-19-32-20-17-23)22-35(29)30(24-10-4-1-5-11-24,25-12-6-2-7-13-25)26-14-8-3-9-15-26/h1-17,19-20,22H,18,21H2,(H,33,36). The Bertz CT molecular complexity index is 1320. The number of halogens is 1. The maximum atomic E-state index is 15.8. The Labute approximate surface area is 209 Å². The van der Waals surface area contributed by atoms with Crippen LogP contribution >= 0.6 is 0 Å². The van der Waals surface area contributed by atoms with Crippen molar-refractivity contribution in [2.75, 3.05) is 6.54 Å². The molecule has 0 saturated carbocycles. The molecule has 5 nitrogen and oxygen atoms in total. The van der Waals surface area contributed by atoms with E-state index in [9.17, 15) is 4.79 Å². The highest BCUT2D eigenvalue weighted by Crippen LogP contribution is 2.41. The first-order valence-electron chi connectivity index (χ1n) is 11.8. The summed E-state index contributed by atoms with van der Waals surface area (Å²) in [5.41, 5.74) is 2.84. The van der Waals surface area contributed by atoms with Gasteiger partial charge in [0, 0.05) is 37.1 Å². The minimum Gasteiger partial charge on any atom is -0.352 e. The number of benzene rings is 3. The van der Waals surface area contributed by atoms with Crippen LogP contribution in [-0.4, -0.2) is 27.0 Å². The fourth-order valence-electron chi connectivity index (χ4n) is 4.62. The Kier molecular flexibility index (Phi) is 6.67. The molecule has 1 amide bonds. The van der Waals surface area contributed by atoms with E-state index in [2.05, 4.69) is 15.3 Å². The molecule has 3 aromatic carbocycles. The van der Waals surface area contributed by atoms with E-state index >= 15 is 4.39 Å². The molecule has 178 valence electrons. The van der Waals surface area contributed by atoms with Crippen LogP contribution in [0, 0.1) is 6.08 Å². The SMILES string of the molecule is O=C(NCCc1cn(C(c2ccccc2)(c2ccccc2)c2ccccc2)c(F)n1)c1ccncc1. The van der Waals surface area contributed by atoms with Crippen LogP contribution in [-0.2, 0) is 12.0 Å². The fourth-order valence-corrected chi connectivity index (χ4v) is 4.62. The summed E-state index contributed by atoms with van der Waals surface area (Å²) in [5.74, 6) is -0.204. The number of hydrogen-bond donors (Lipinski definition) is 1. The lowest BCUT2D eigenvalue weighted by Crippen LogP contribution is -2.38. The van der Waals surface area contributed by atoms with Crippen LogP contribution < -0.4 is 5.32 Å². The van der Waals surface area contributed by atoms with Crippen LogP contribution in [0.4, 0.5) is 4.39 Å². The van der Waals surface area contributed by atoms with E-state index < -0.39 is 11.6 Å². The molecular formula is C30H25FN4O. The number of carbonyl (C=O) groups excluding carboxylic acids is 1. The number of amides is 1. The van der Waals surface area contributed by atoms with Gasteiger partial charge in [-0.3, -0.25) is 14.3 Å². The number of aromatic nitrogens is 3. The predicted molar refractivity (Wildman–Crippen MR) is 137 cm³/mol. The Morgan fingerprint density at radius 1 is 0.778 bits per heavy atom. The lowest BCUT2D eigenvalue weighted by Gasteiger charge is -2.37. The molecule has 0 saturated heterocycles. The van der Waals surface area contributed by atoms with Crippen LogP contribution in [0.2, 0.25) is 0 Å². The van der Waals surface area contributed by atoms with Crippen molar-refractivity contribution in [3.8, 4) is 0 Å². The van der Waals surface area contributed by atoms with Gasteiger partial charge in [-0.2, -0.15) is 4.39 Å². The number of rotatable bonds is 8. The zero-order valence-electron chi connectivity index (χ0n) is 19.6. The van der Waals surface area contributed by atoms with Gasteiger partial charge in [-0.1, -0.05) is 91.0 Å². The summed E-state index contributed by atoms with van der Waals surface area (Å²) in [6.45, 7) is 0.326. The molecule has 0 atom stereocenters. The summed E-state index contributed by atoms with van der Waals surface area (Å²) in [6, 6.07) is 33.0. The molecule has 5 aromatic rings. The van der Waals surface area contributed by atoms with E-state index in [4.69, 9.17) is 0 Å². The van der Waals surface area contributed by atoms with E-state index in [-0.39, 0.29) is 5.91 Å². The summed E-state index contributed by atoms with van der Waals surface area (Å²) < 4.78 is 17.4. The molecule has 0 unspecified atom stereocenters. The van der Waals surface area contributed by atoms with Gasteiger partial charge in [0.1, 0.15) is 5.54 Å². The first kappa shape index (κ1) is 23.2. The number of nitrogens with one attached hydrogen (secondary N) is 1. The van der Waals surface area contributed by atoms with Gasteiger partial charge in [-0.25, -0.2) is 4.98 Å². The van der Waals surface area contributed by atoms with E-state index in [1.54, 1.807) is 35.3 Å². The third-order valence-electron chi connectivity index (χ3n) is 6.26. The molecular weight excluding hydrogens is 451 g/mol. The average Bonchev–Trinajstić information content (AvgIpc) is 3.31. The lowest BCUT2D eigenvalue weighted by molar-refractivity contribution is 0.0954. The second-order valence-corrected chi connectivity index (χ2v) is 8.42. The highest BCUT2D eigenvalue weighted by molar-refractivity contribution is 5.93. The van der Waals surface area contributed by atoms with Crippen LogP contribution in [0.1, 0.15) is 32.7 Å². The maximum absolute atomic E-state index is 15.8. The Balaban J connectivity index is 1.55. The van der Waals surface area contributed by atoms with Crippen LogP contribution in [0.15, 0.2) is 122 Å². The molecule has 0 bridgehead atoms. The number of pyridine rings is 1. The quantitative estimate of drug-likeness (QED) is 0.312. The molecule has 0 fully saturated rings. The fraction of sp³-hybridized carbons (Fsp3) is 0.100. The normalized spacial score (nSPS) is 11.2. The third kappa shape index (κ3) is 4.41. The van der Waals surface area contributed by atoms with E-state index in [0.29, 0.717) is 24.2 Å². The van der Waals surface area contributed by atoms with Gasteiger partial charge in [0.15, 0.2) is 0 Å². The van der Waals surface area contributed by atoms with Crippen molar-refractivity contribution in [2.45, 2.75) is 12.0 Å². The van der Waals surface area contributed by atoms with Crippen LogP contribution in [0.5, 0.6) is 0 Å². The zero-order chi connectivity index (χ0) is 24.8. The molecule has 0 radical (unpaired) electrons. The van der Waals surface area contributed by atoms with E-state index in [0.717, 1.165) is 16.7 Å². The second-order valence-electron chi connectivity index (χ2n) is 8.42. The minimum atomic E-state index is -0.973. The van der Waals surface area contributed by atoms with E-state index in [1.165, 1.54) is 0 Å². The zero-order valence-corrected chi connectivity index (χ0v) is 19.6. The molecule has 0 aliphatic heterocycles. The number of hydrogen-bond acceptors (Lipinski definition) is 3. The Morgan fingerprint density at radius 2 is 1.28 bits per heavy atom. The van der Waals surface area contributed by atoms with Crippen LogP contribution in [0.25, 0.3) is 0 Å². The van der Waals surface area contributed by atoms with Crippen LogP contribution in [0.3, 0.4) is 0 Å². The molecule has 2 heterocycles. The molecule has 0 aliphatic carbocycles. The third-order valence-corrected chi connectivity index (χ3v) is 6.26. The minimum absolute atomic E-state index is 0.204. The van der Waals surface area contributed by atoms with Crippen molar-refractivity contribution >= 4 is 5.91 Å². The van der Waals surface area contributed by atoms with Gasteiger partial charge in [0.05, 0.1) is 5.69 Å². The van der Waals surface area contributed by atoms with Gasteiger partial charge in [-0.15, -0.1) is 0 Å². The largest absolute Gasteiger partial charge is 0.352 e. The highest BCUT2D eigenvalue weighted by atomic mass is 19.1. The summed E-state index contributed by atoms with van der Waals surface area (Å²) in [5, 5.41) is 2.87. The van der Waals surface area contributed by atoms with Crippen molar-refractivity contribution in [3.63, 3.8) is 0 Å². The molecule has 0 spiro atoms. The maximum Gasteiger partial charge on any atom is 0.290 e. The summed E-state index contributed by atoms with van der Waals surface area (Å²) >= 11 is 0. The summed E-state index contributed by atoms with van der Waals surface area (Å²) in [6.07, 6.45) is 4.68. The average molecular weight is 477 g/mol. The van der Waals surface area contributed by atoms with Gasteiger partial charge < -0.3 is 5.32 Å². The first-order chi connectivity index (χ1) is 17.7. The monoisotopic (exact) mass is 476 g/mol. The van der Waals surface area contributed by atoms with Gasteiger partial charge in [0.25, 0.3) is 12.0 Å². The summed E-state index contributed by atoms with van der Waals surface area (Å²) in [4.78, 5) is 20.6. The van der Waals surface area contributed by atoms with Gasteiger partial charge in [-0.05, 0) is 28.8 Å². The van der Waals surface area contributed by atoms with Gasteiger partial charge >= 0.3 is 0 Å². The Morgan fingerprint density at radius 3 is 1.78 bits per heavy atom. The predicted octanol–water partition coefficient (Wildman–Crippen LogP) is 5.23. The summed E-state index contributed by atoms with van der Waals surface area (Å²) in [7, 11) is 0. The molecule has 1 N–H and O–H groups in total. The topological polar surface area (TPSA) is 59.8 Å². The molecule has 36 heavy (non-hydrogen) atoms. The number of nitrogens with zero attached hydrogens (tertiary/aromatic N) is 3. The molecule has 5 rings (SSSR count). The molecule has 6 heteroatoms. The smallest absolute Gasteiger partial charge is 0.290 e.